The molecule has 7 heteroatoms. The molecule has 122 valence electrons. The van der Waals surface area contributed by atoms with Gasteiger partial charge in [0.2, 0.25) is 5.91 Å². The maximum Gasteiger partial charge on any atom is 0.252 e. The normalized spacial score (nSPS) is 20.5. The average Bonchev–Trinajstić information content (AvgIpc) is 3.19. The molecule has 0 saturated carbocycles. The lowest BCUT2D eigenvalue weighted by Crippen LogP contribution is -2.35. The molecular formula is C15H22N2O3S2. The van der Waals surface area contributed by atoms with Crippen LogP contribution in [0.2, 0.25) is 0 Å². The van der Waals surface area contributed by atoms with E-state index in [0.717, 1.165) is 50.1 Å². The van der Waals surface area contributed by atoms with Gasteiger partial charge in [-0.25, -0.2) is 8.42 Å². The number of hydrogen-bond donors (Lipinski definition) is 0. The minimum Gasteiger partial charge on any atom is -0.342 e. The number of amides is 1. The molecule has 0 radical (unpaired) electrons. The van der Waals surface area contributed by atoms with Gasteiger partial charge in [0, 0.05) is 31.1 Å². The molecule has 0 bridgehead atoms. The van der Waals surface area contributed by atoms with Gasteiger partial charge in [-0.2, -0.15) is 4.31 Å². The van der Waals surface area contributed by atoms with Gasteiger partial charge < -0.3 is 4.90 Å². The highest BCUT2D eigenvalue weighted by atomic mass is 32.2. The van der Waals surface area contributed by atoms with E-state index in [9.17, 15) is 13.2 Å². The number of carbonyl (C=O) groups excluding carboxylic acids is 1. The van der Waals surface area contributed by atoms with Crippen molar-refractivity contribution in [1.29, 1.82) is 0 Å². The molecule has 0 aromatic carbocycles. The topological polar surface area (TPSA) is 57.7 Å². The minimum atomic E-state index is -3.37. The third-order valence-electron chi connectivity index (χ3n) is 4.33. The lowest BCUT2D eigenvalue weighted by Gasteiger charge is -2.25. The Morgan fingerprint density at radius 3 is 2.32 bits per heavy atom. The third-order valence-corrected chi connectivity index (χ3v) is 7.78. The standard InChI is InChI=1S/C15H22N2O3S2/c18-14(16-8-4-5-9-16)12-13-6-7-15(21-13)22(19,20)17-10-2-1-3-11-17/h6-7H,1-5,8-12H2. The first-order valence-corrected chi connectivity index (χ1v) is 10.2. The second-order valence-electron chi connectivity index (χ2n) is 5.95. The van der Waals surface area contributed by atoms with Gasteiger partial charge in [-0.1, -0.05) is 6.42 Å². The number of rotatable bonds is 4. The highest BCUT2D eigenvalue weighted by molar-refractivity contribution is 7.91. The highest BCUT2D eigenvalue weighted by Crippen LogP contribution is 2.27. The van der Waals surface area contributed by atoms with Crippen molar-refractivity contribution in [3.8, 4) is 0 Å². The molecule has 2 fully saturated rings. The number of likely N-dealkylation sites (tertiary alicyclic amines) is 1. The molecule has 3 heterocycles. The molecule has 0 aliphatic carbocycles. The van der Waals surface area contributed by atoms with Crippen LogP contribution in [0.15, 0.2) is 16.3 Å². The van der Waals surface area contributed by atoms with E-state index in [1.54, 1.807) is 16.4 Å². The van der Waals surface area contributed by atoms with Gasteiger partial charge in [0.05, 0.1) is 6.42 Å². The van der Waals surface area contributed by atoms with Gasteiger partial charge in [-0.3, -0.25) is 4.79 Å². The molecule has 0 spiro atoms. The number of nitrogens with zero attached hydrogens (tertiary/aromatic N) is 2. The zero-order valence-electron chi connectivity index (χ0n) is 12.7. The molecule has 1 aromatic heterocycles. The van der Waals surface area contributed by atoms with Crippen LogP contribution in [0.25, 0.3) is 0 Å². The van der Waals surface area contributed by atoms with Crippen molar-refractivity contribution in [3.05, 3.63) is 17.0 Å². The van der Waals surface area contributed by atoms with Crippen molar-refractivity contribution in [2.45, 2.75) is 42.7 Å². The lowest BCUT2D eigenvalue weighted by molar-refractivity contribution is -0.129. The second kappa shape index (κ2) is 6.68. The highest BCUT2D eigenvalue weighted by Gasteiger charge is 2.28. The Morgan fingerprint density at radius 2 is 1.64 bits per heavy atom. The number of carbonyl (C=O) groups is 1. The van der Waals surface area contributed by atoms with Crippen LogP contribution in [0, 0.1) is 0 Å². The Morgan fingerprint density at radius 1 is 1.00 bits per heavy atom. The van der Waals surface area contributed by atoms with E-state index < -0.39 is 10.0 Å². The number of hydrogen-bond acceptors (Lipinski definition) is 4. The molecular weight excluding hydrogens is 320 g/mol. The van der Waals surface area contributed by atoms with Crippen molar-refractivity contribution >= 4 is 27.3 Å². The van der Waals surface area contributed by atoms with Crippen molar-refractivity contribution in [2.24, 2.45) is 0 Å². The second-order valence-corrected chi connectivity index (χ2v) is 9.28. The van der Waals surface area contributed by atoms with Crippen LogP contribution in [-0.2, 0) is 21.2 Å². The first-order valence-electron chi connectivity index (χ1n) is 7.94. The van der Waals surface area contributed by atoms with Crippen LogP contribution >= 0.6 is 11.3 Å². The van der Waals surface area contributed by atoms with Gasteiger partial charge in [0.1, 0.15) is 4.21 Å². The van der Waals surface area contributed by atoms with Gasteiger partial charge in [-0.15, -0.1) is 11.3 Å². The Kier molecular flexibility index (Phi) is 4.84. The van der Waals surface area contributed by atoms with Crippen molar-refractivity contribution in [2.75, 3.05) is 26.2 Å². The van der Waals surface area contributed by atoms with Gasteiger partial charge in [0.25, 0.3) is 10.0 Å². The number of thiophene rings is 1. The monoisotopic (exact) mass is 342 g/mol. The van der Waals surface area contributed by atoms with Crippen molar-refractivity contribution < 1.29 is 13.2 Å². The van der Waals surface area contributed by atoms with E-state index in [2.05, 4.69) is 0 Å². The minimum absolute atomic E-state index is 0.112. The summed E-state index contributed by atoms with van der Waals surface area (Å²) in [6.07, 6.45) is 5.44. The summed E-state index contributed by atoms with van der Waals surface area (Å²) in [4.78, 5) is 14.9. The fraction of sp³-hybridized carbons (Fsp3) is 0.667. The molecule has 5 nitrogen and oxygen atoms in total. The van der Waals surface area contributed by atoms with Crippen LogP contribution < -0.4 is 0 Å². The molecule has 22 heavy (non-hydrogen) atoms. The first kappa shape index (κ1) is 16.0. The van der Waals surface area contributed by atoms with Crippen LogP contribution in [0.4, 0.5) is 0 Å². The SMILES string of the molecule is O=C(Cc1ccc(S(=O)(=O)N2CCCCC2)s1)N1CCCC1. The predicted octanol–water partition coefficient (Wildman–Crippen LogP) is 2.09. The van der Waals surface area contributed by atoms with Crippen LogP contribution in [0.5, 0.6) is 0 Å². The molecule has 3 rings (SSSR count). The number of piperidine rings is 1. The maximum atomic E-state index is 12.6. The largest absolute Gasteiger partial charge is 0.342 e. The van der Waals surface area contributed by atoms with Crippen molar-refractivity contribution in [3.63, 3.8) is 0 Å². The molecule has 2 saturated heterocycles. The van der Waals surface area contributed by atoms with Gasteiger partial charge in [-0.05, 0) is 37.8 Å². The summed E-state index contributed by atoms with van der Waals surface area (Å²) in [6.45, 7) is 2.90. The van der Waals surface area contributed by atoms with Gasteiger partial charge >= 0.3 is 0 Å². The third kappa shape index (κ3) is 3.36. The lowest BCUT2D eigenvalue weighted by atomic mass is 10.2. The van der Waals surface area contributed by atoms with Gasteiger partial charge in [0.15, 0.2) is 0 Å². The Labute approximate surface area is 136 Å². The molecule has 1 amide bonds. The Bertz CT molecular complexity index is 627. The maximum absolute atomic E-state index is 12.6. The summed E-state index contributed by atoms with van der Waals surface area (Å²) in [5, 5.41) is 0. The molecule has 1 aromatic rings. The Balaban J connectivity index is 1.68. The first-order chi connectivity index (χ1) is 10.6. The zero-order valence-corrected chi connectivity index (χ0v) is 14.3. The summed E-state index contributed by atoms with van der Waals surface area (Å²) >= 11 is 1.24. The zero-order chi connectivity index (χ0) is 15.6. The van der Waals surface area contributed by atoms with E-state index >= 15 is 0 Å². The summed E-state index contributed by atoms with van der Waals surface area (Å²) in [5.41, 5.74) is 0. The Hall–Kier alpha value is -0.920. The van der Waals surface area contributed by atoms with E-state index in [1.807, 2.05) is 4.90 Å². The summed E-state index contributed by atoms with van der Waals surface area (Å²) in [7, 11) is -3.37. The van der Waals surface area contributed by atoms with E-state index in [0.29, 0.717) is 23.7 Å². The summed E-state index contributed by atoms with van der Waals surface area (Å²) in [5.74, 6) is 0.112. The van der Waals surface area contributed by atoms with E-state index in [4.69, 9.17) is 0 Å². The van der Waals surface area contributed by atoms with Crippen LogP contribution in [-0.4, -0.2) is 49.7 Å². The fourth-order valence-electron chi connectivity index (χ4n) is 3.05. The quantitative estimate of drug-likeness (QED) is 0.842. The summed E-state index contributed by atoms with van der Waals surface area (Å²) < 4.78 is 27.1. The smallest absolute Gasteiger partial charge is 0.252 e. The van der Waals surface area contributed by atoms with Crippen LogP contribution in [0.3, 0.4) is 0 Å². The average molecular weight is 342 g/mol. The van der Waals surface area contributed by atoms with E-state index in [-0.39, 0.29) is 5.91 Å². The fourth-order valence-corrected chi connectivity index (χ4v) is 6.07. The summed E-state index contributed by atoms with van der Waals surface area (Å²) in [6, 6.07) is 3.44. The van der Waals surface area contributed by atoms with E-state index in [1.165, 1.54) is 11.3 Å². The van der Waals surface area contributed by atoms with Crippen LogP contribution in [0.1, 0.15) is 37.0 Å². The number of sulfonamides is 1. The van der Waals surface area contributed by atoms with Crippen molar-refractivity contribution in [1.82, 2.24) is 9.21 Å². The molecule has 0 atom stereocenters. The predicted molar refractivity (Wildman–Crippen MR) is 86.4 cm³/mol. The molecule has 2 aliphatic heterocycles. The molecule has 0 N–H and O–H groups in total. The molecule has 0 unspecified atom stereocenters. The molecule has 2 aliphatic rings.